The van der Waals surface area contributed by atoms with Gasteiger partial charge >= 0.3 is 6.03 Å². The van der Waals surface area contributed by atoms with Crippen LogP contribution in [0.5, 0.6) is 0 Å². The minimum atomic E-state index is -0.238. The molecule has 3 N–H and O–H groups in total. The molecule has 1 aliphatic heterocycles. The Labute approximate surface area is 71.8 Å². The van der Waals surface area contributed by atoms with E-state index in [2.05, 4.69) is 5.43 Å². The molecule has 5 heteroatoms. The van der Waals surface area contributed by atoms with Gasteiger partial charge in [0.15, 0.2) is 0 Å². The summed E-state index contributed by atoms with van der Waals surface area (Å²) in [6, 6.07) is -0.137. The van der Waals surface area contributed by atoms with Crippen molar-refractivity contribution in [3.8, 4) is 0 Å². The molecule has 1 saturated heterocycles. The number of nitrogens with zero attached hydrogens (tertiary/aromatic N) is 1. The molecule has 5 nitrogen and oxygen atoms in total. The van der Waals surface area contributed by atoms with Gasteiger partial charge in [-0.3, -0.25) is 5.43 Å². The summed E-state index contributed by atoms with van der Waals surface area (Å²) in [4.78, 5) is 12.8. The highest BCUT2D eigenvalue weighted by atomic mass is 16.5. The van der Waals surface area contributed by atoms with Crippen LogP contribution < -0.4 is 11.3 Å². The molecule has 2 unspecified atom stereocenters. The molecule has 0 saturated carbocycles. The minimum absolute atomic E-state index is 0.0958. The SMILES string of the molecule is CC1CN(C(=O)NN)C(C)CO1. The first kappa shape index (κ1) is 9.28. The number of urea groups is 1. The second-order valence-electron chi connectivity index (χ2n) is 3.09. The lowest BCUT2D eigenvalue weighted by molar-refractivity contribution is -0.0317. The maximum atomic E-state index is 11.2. The summed E-state index contributed by atoms with van der Waals surface area (Å²) >= 11 is 0. The van der Waals surface area contributed by atoms with Gasteiger partial charge in [0.05, 0.1) is 18.8 Å². The molecule has 2 amide bonds. The van der Waals surface area contributed by atoms with Crippen molar-refractivity contribution in [2.75, 3.05) is 13.2 Å². The quantitative estimate of drug-likeness (QED) is 0.300. The third-order valence-corrected chi connectivity index (χ3v) is 1.99. The molecule has 2 atom stereocenters. The summed E-state index contributed by atoms with van der Waals surface area (Å²) in [5.41, 5.74) is 2.12. The van der Waals surface area contributed by atoms with Crippen LogP contribution in [0.1, 0.15) is 13.8 Å². The zero-order chi connectivity index (χ0) is 9.14. The number of ether oxygens (including phenoxy) is 1. The Hall–Kier alpha value is -0.810. The van der Waals surface area contributed by atoms with Crippen LogP contribution in [0.25, 0.3) is 0 Å². The highest BCUT2D eigenvalue weighted by Crippen LogP contribution is 2.10. The molecule has 1 rings (SSSR count). The first-order valence-corrected chi connectivity index (χ1v) is 4.04. The zero-order valence-electron chi connectivity index (χ0n) is 7.41. The molecule has 0 bridgehead atoms. The topological polar surface area (TPSA) is 67.6 Å². The zero-order valence-corrected chi connectivity index (χ0v) is 7.41. The lowest BCUT2D eigenvalue weighted by Crippen LogP contribution is -2.54. The molecule has 12 heavy (non-hydrogen) atoms. The van der Waals surface area contributed by atoms with Crippen molar-refractivity contribution in [2.24, 2.45) is 5.84 Å². The Balaban J connectivity index is 2.54. The summed E-state index contributed by atoms with van der Waals surface area (Å²) in [5, 5.41) is 0. The van der Waals surface area contributed by atoms with Crippen molar-refractivity contribution in [1.82, 2.24) is 10.3 Å². The van der Waals surface area contributed by atoms with Gasteiger partial charge in [0.25, 0.3) is 0 Å². The third-order valence-electron chi connectivity index (χ3n) is 1.99. The van der Waals surface area contributed by atoms with Gasteiger partial charge in [0.1, 0.15) is 0 Å². The van der Waals surface area contributed by atoms with Gasteiger partial charge in [-0.05, 0) is 13.8 Å². The lowest BCUT2D eigenvalue weighted by Gasteiger charge is -2.36. The van der Waals surface area contributed by atoms with E-state index in [9.17, 15) is 4.79 Å². The minimum Gasteiger partial charge on any atom is -0.375 e. The van der Waals surface area contributed by atoms with Crippen LogP contribution >= 0.6 is 0 Å². The van der Waals surface area contributed by atoms with Gasteiger partial charge in [-0.2, -0.15) is 0 Å². The molecule has 0 aromatic carbocycles. The van der Waals surface area contributed by atoms with E-state index in [1.807, 2.05) is 13.8 Å². The lowest BCUT2D eigenvalue weighted by atomic mass is 10.2. The number of morpholine rings is 1. The summed E-state index contributed by atoms with van der Waals surface area (Å²) in [7, 11) is 0. The summed E-state index contributed by atoms with van der Waals surface area (Å²) in [5.74, 6) is 5.03. The Morgan fingerprint density at radius 3 is 2.92 bits per heavy atom. The number of hydrogen-bond acceptors (Lipinski definition) is 3. The Bertz CT molecular complexity index is 174. The molecular weight excluding hydrogens is 158 g/mol. The molecule has 0 aromatic heterocycles. The molecule has 1 fully saturated rings. The molecule has 0 spiro atoms. The highest BCUT2D eigenvalue weighted by molar-refractivity contribution is 5.73. The Kier molecular flexibility index (Phi) is 2.88. The molecule has 0 aromatic rings. The van der Waals surface area contributed by atoms with E-state index in [0.29, 0.717) is 13.2 Å². The third kappa shape index (κ3) is 1.86. The molecule has 1 heterocycles. The maximum absolute atomic E-state index is 11.2. The van der Waals surface area contributed by atoms with Crippen LogP contribution in [-0.4, -0.2) is 36.2 Å². The van der Waals surface area contributed by atoms with E-state index in [0.717, 1.165) is 0 Å². The van der Waals surface area contributed by atoms with Crippen LogP contribution in [0.2, 0.25) is 0 Å². The smallest absolute Gasteiger partial charge is 0.331 e. The number of amides is 2. The van der Waals surface area contributed by atoms with Gasteiger partial charge in [-0.15, -0.1) is 0 Å². The average molecular weight is 173 g/mol. The number of nitrogens with two attached hydrogens (primary N) is 1. The summed E-state index contributed by atoms with van der Waals surface area (Å²) < 4.78 is 5.35. The van der Waals surface area contributed by atoms with Crippen molar-refractivity contribution in [2.45, 2.75) is 26.0 Å². The van der Waals surface area contributed by atoms with E-state index in [-0.39, 0.29) is 18.2 Å². The van der Waals surface area contributed by atoms with Crippen LogP contribution in [0, 0.1) is 0 Å². The Morgan fingerprint density at radius 1 is 1.67 bits per heavy atom. The normalized spacial score (nSPS) is 30.1. The molecular formula is C7H15N3O2. The van der Waals surface area contributed by atoms with Crippen molar-refractivity contribution in [3.05, 3.63) is 0 Å². The predicted octanol–water partition coefficient (Wildman–Crippen LogP) is -0.321. The van der Waals surface area contributed by atoms with E-state index < -0.39 is 0 Å². The van der Waals surface area contributed by atoms with Crippen LogP contribution in [0.15, 0.2) is 0 Å². The number of nitrogens with one attached hydrogen (secondary N) is 1. The summed E-state index contributed by atoms with van der Waals surface area (Å²) in [6.45, 7) is 5.04. The van der Waals surface area contributed by atoms with Crippen LogP contribution in [-0.2, 0) is 4.74 Å². The number of carbonyl (C=O) groups is 1. The number of hydrogen-bond donors (Lipinski definition) is 2. The summed E-state index contributed by atoms with van der Waals surface area (Å²) in [6.07, 6.45) is 0.0958. The van der Waals surface area contributed by atoms with Gasteiger partial charge in [0.2, 0.25) is 0 Å². The second kappa shape index (κ2) is 3.73. The van der Waals surface area contributed by atoms with Crippen molar-refractivity contribution in [1.29, 1.82) is 0 Å². The second-order valence-corrected chi connectivity index (χ2v) is 3.09. The number of carbonyl (C=O) groups excluding carboxylic acids is 1. The van der Waals surface area contributed by atoms with E-state index >= 15 is 0 Å². The fraction of sp³-hybridized carbons (Fsp3) is 0.857. The maximum Gasteiger partial charge on any atom is 0.331 e. The van der Waals surface area contributed by atoms with Crippen molar-refractivity contribution >= 4 is 6.03 Å². The highest BCUT2D eigenvalue weighted by Gasteiger charge is 2.26. The predicted molar refractivity (Wildman–Crippen MR) is 44.3 cm³/mol. The first-order chi connectivity index (χ1) is 5.65. The monoisotopic (exact) mass is 173 g/mol. The Morgan fingerprint density at radius 2 is 2.33 bits per heavy atom. The average Bonchev–Trinajstić information content (AvgIpc) is 2.08. The molecule has 70 valence electrons. The van der Waals surface area contributed by atoms with Crippen molar-refractivity contribution in [3.63, 3.8) is 0 Å². The van der Waals surface area contributed by atoms with E-state index in [4.69, 9.17) is 10.6 Å². The largest absolute Gasteiger partial charge is 0.375 e. The van der Waals surface area contributed by atoms with Gasteiger partial charge < -0.3 is 9.64 Å². The van der Waals surface area contributed by atoms with Gasteiger partial charge in [-0.25, -0.2) is 10.6 Å². The van der Waals surface area contributed by atoms with Crippen LogP contribution in [0.4, 0.5) is 4.79 Å². The van der Waals surface area contributed by atoms with Crippen LogP contribution in [0.3, 0.4) is 0 Å². The number of hydrazine groups is 1. The molecule has 1 aliphatic rings. The van der Waals surface area contributed by atoms with Gasteiger partial charge in [-0.1, -0.05) is 0 Å². The first-order valence-electron chi connectivity index (χ1n) is 4.04. The fourth-order valence-electron chi connectivity index (χ4n) is 1.27. The standard InChI is InChI=1S/C7H15N3O2/c1-5-4-12-6(2)3-10(5)7(11)9-8/h5-6H,3-4,8H2,1-2H3,(H,9,11). The molecule has 0 aliphatic carbocycles. The number of rotatable bonds is 0. The van der Waals surface area contributed by atoms with Crippen molar-refractivity contribution < 1.29 is 9.53 Å². The molecule has 0 radical (unpaired) electrons. The fourth-order valence-corrected chi connectivity index (χ4v) is 1.27. The van der Waals surface area contributed by atoms with Gasteiger partial charge in [0, 0.05) is 6.54 Å². The van der Waals surface area contributed by atoms with E-state index in [1.54, 1.807) is 4.90 Å². The van der Waals surface area contributed by atoms with E-state index in [1.165, 1.54) is 0 Å².